The first kappa shape index (κ1) is 13.4. The molecule has 0 aromatic carbocycles. The molecule has 1 saturated heterocycles. The second kappa shape index (κ2) is 7.60. The van der Waals surface area contributed by atoms with Gasteiger partial charge in [0.25, 0.3) is 0 Å². The number of hydrogen-bond donors (Lipinski definition) is 2. The van der Waals surface area contributed by atoms with Crippen LogP contribution in [-0.4, -0.2) is 62.8 Å². The summed E-state index contributed by atoms with van der Waals surface area (Å²) >= 11 is 0. The number of piperazine rings is 1. The highest BCUT2D eigenvalue weighted by Gasteiger charge is 2.14. The highest BCUT2D eigenvalue weighted by molar-refractivity contribution is 5.75. The maximum Gasteiger partial charge on any atom is 0.322 e. The van der Waals surface area contributed by atoms with Gasteiger partial charge >= 0.3 is 5.97 Å². The highest BCUT2D eigenvalue weighted by atomic mass is 16.5. The molecule has 0 amide bonds. The van der Waals surface area contributed by atoms with Gasteiger partial charge in [0.1, 0.15) is 6.04 Å². The van der Waals surface area contributed by atoms with Crippen LogP contribution in [0.4, 0.5) is 0 Å². The first-order chi connectivity index (χ1) is 7.74. The summed E-state index contributed by atoms with van der Waals surface area (Å²) in [7, 11) is 0. The average molecular weight is 229 g/mol. The standard InChI is InChI=1S/C11H23N3O2/c1-3-16-11(15)10(2)13-6-9-14-7-4-12-5-8-14/h10,12-13H,3-9H2,1-2H3. The molecule has 5 nitrogen and oxygen atoms in total. The molecule has 1 unspecified atom stereocenters. The Labute approximate surface area is 97.5 Å². The molecule has 0 saturated carbocycles. The predicted molar refractivity (Wildman–Crippen MR) is 63.4 cm³/mol. The Morgan fingerprint density at radius 3 is 2.81 bits per heavy atom. The first-order valence-corrected chi connectivity index (χ1v) is 6.07. The molecule has 0 radical (unpaired) electrons. The van der Waals surface area contributed by atoms with Crippen molar-refractivity contribution in [1.29, 1.82) is 0 Å². The second-order valence-electron chi connectivity index (χ2n) is 4.02. The van der Waals surface area contributed by atoms with E-state index in [1.54, 1.807) is 0 Å². The van der Waals surface area contributed by atoms with Gasteiger partial charge in [0.05, 0.1) is 6.61 Å². The highest BCUT2D eigenvalue weighted by Crippen LogP contribution is 1.92. The minimum atomic E-state index is -0.206. The number of rotatable bonds is 6. The second-order valence-corrected chi connectivity index (χ2v) is 4.02. The molecule has 1 fully saturated rings. The zero-order chi connectivity index (χ0) is 11.8. The van der Waals surface area contributed by atoms with Crippen molar-refractivity contribution in [1.82, 2.24) is 15.5 Å². The van der Waals surface area contributed by atoms with Crippen molar-refractivity contribution in [2.24, 2.45) is 0 Å². The minimum absolute atomic E-state index is 0.164. The molecule has 0 aromatic heterocycles. The summed E-state index contributed by atoms with van der Waals surface area (Å²) in [6.07, 6.45) is 0. The molecule has 1 rings (SSSR count). The van der Waals surface area contributed by atoms with E-state index in [0.717, 1.165) is 39.3 Å². The van der Waals surface area contributed by atoms with Crippen molar-refractivity contribution in [2.45, 2.75) is 19.9 Å². The van der Waals surface area contributed by atoms with E-state index >= 15 is 0 Å². The van der Waals surface area contributed by atoms with E-state index in [4.69, 9.17) is 4.74 Å². The largest absolute Gasteiger partial charge is 0.465 e. The number of carbonyl (C=O) groups is 1. The number of ether oxygens (including phenoxy) is 1. The molecule has 1 atom stereocenters. The molecule has 5 heteroatoms. The van der Waals surface area contributed by atoms with Crippen LogP contribution in [0.5, 0.6) is 0 Å². The van der Waals surface area contributed by atoms with E-state index in [2.05, 4.69) is 15.5 Å². The number of esters is 1. The fourth-order valence-corrected chi connectivity index (χ4v) is 1.72. The van der Waals surface area contributed by atoms with Crippen LogP contribution < -0.4 is 10.6 Å². The topological polar surface area (TPSA) is 53.6 Å². The summed E-state index contributed by atoms with van der Waals surface area (Å²) in [5.74, 6) is -0.164. The van der Waals surface area contributed by atoms with Gasteiger partial charge in [-0.2, -0.15) is 0 Å². The maximum atomic E-state index is 11.3. The van der Waals surface area contributed by atoms with E-state index in [1.165, 1.54) is 0 Å². The molecular weight excluding hydrogens is 206 g/mol. The Balaban J connectivity index is 2.07. The van der Waals surface area contributed by atoms with Gasteiger partial charge in [-0.05, 0) is 13.8 Å². The summed E-state index contributed by atoms with van der Waals surface area (Å²) in [5, 5.41) is 6.49. The van der Waals surface area contributed by atoms with Gasteiger partial charge in [-0.3, -0.25) is 9.69 Å². The zero-order valence-electron chi connectivity index (χ0n) is 10.3. The SMILES string of the molecule is CCOC(=O)C(C)NCCN1CCNCC1. The summed E-state index contributed by atoms with van der Waals surface area (Å²) in [4.78, 5) is 13.7. The van der Waals surface area contributed by atoms with Crippen LogP contribution in [-0.2, 0) is 9.53 Å². The number of nitrogens with one attached hydrogen (secondary N) is 2. The fourth-order valence-electron chi connectivity index (χ4n) is 1.72. The zero-order valence-corrected chi connectivity index (χ0v) is 10.3. The van der Waals surface area contributed by atoms with Gasteiger partial charge in [0.15, 0.2) is 0 Å². The third-order valence-corrected chi connectivity index (χ3v) is 2.73. The fraction of sp³-hybridized carbons (Fsp3) is 0.909. The van der Waals surface area contributed by atoms with E-state index in [1.807, 2.05) is 13.8 Å². The lowest BCUT2D eigenvalue weighted by atomic mass is 10.3. The van der Waals surface area contributed by atoms with Crippen molar-refractivity contribution >= 4 is 5.97 Å². The third kappa shape index (κ3) is 4.92. The van der Waals surface area contributed by atoms with Gasteiger partial charge < -0.3 is 15.4 Å². The van der Waals surface area contributed by atoms with Crippen molar-refractivity contribution in [3.63, 3.8) is 0 Å². The molecule has 94 valence electrons. The Hall–Kier alpha value is -0.650. The molecule has 1 aliphatic rings. The lowest BCUT2D eigenvalue weighted by molar-refractivity contribution is -0.145. The predicted octanol–water partition coefficient (Wildman–Crippen LogP) is -0.567. The van der Waals surface area contributed by atoms with Crippen molar-refractivity contribution < 1.29 is 9.53 Å². The van der Waals surface area contributed by atoms with E-state index in [-0.39, 0.29) is 12.0 Å². The summed E-state index contributed by atoms with van der Waals surface area (Å²) in [6.45, 7) is 10.3. The van der Waals surface area contributed by atoms with Crippen LogP contribution in [0.25, 0.3) is 0 Å². The molecule has 0 spiro atoms. The maximum absolute atomic E-state index is 11.3. The molecule has 16 heavy (non-hydrogen) atoms. The Morgan fingerprint density at radius 1 is 1.50 bits per heavy atom. The smallest absolute Gasteiger partial charge is 0.322 e. The Morgan fingerprint density at radius 2 is 2.19 bits per heavy atom. The molecule has 0 aliphatic carbocycles. The lowest BCUT2D eigenvalue weighted by Crippen LogP contribution is -2.47. The third-order valence-electron chi connectivity index (χ3n) is 2.73. The quantitative estimate of drug-likeness (QED) is 0.598. The van der Waals surface area contributed by atoms with Crippen molar-refractivity contribution in [3.05, 3.63) is 0 Å². The van der Waals surface area contributed by atoms with Crippen LogP contribution in [0.2, 0.25) is 0 Å². The number of carbonyl (C=O) groups excluding carboxylic acids is 1. The van der Waals surface area contributed by atoms with Gasteiger partial charge in [0.2, 0.25) is 0 Å². The summed E-state index contributed by atoms with van der Waals surface area (Å²) in [5.41, 5.74) is 0. The van der Waals surface area contributed by atoms with Gasteiger partial charge in [-0.1, -0.05) is 0 Å². The lowest BCUT2D eigenvalue weighted by Gasteiger charge is -2.27. The van der Waals surface area contributed by atoms with E-state index in [0.29, 0.717) is 6.61 Å². The van der Waals surface area contributed by atoms with Gasteiger partial charge in [-0.25, -0.2) is 0 Å². The molecular formula is C11H23N3O2. The minimum Gasteiger partial charge on any atom is -0.465 e. The Kier molecular flexibility index (Phi) is 6.37. The molecule has 0 bridgehead atoms. The Bertz CT molecular complexity index is 205. The monoisotopic (exact) mass is 229 g/mol. The van der Waals surface area contributed by atoms with Crippen LogP contribution in [0.3, 0.4) is 0 Å². The molecule has 0 aromatic rings. The summed E-state index contributed by atoms with van der Waals surface area (Å²) < 4.78 is 4.92. The van der Waals surface area contributed by atoms with Crippen LogP contribution in [0.15, 0.2) is 0 Å². The van der Waals surface area contributed by atoms with Crippen LogP contribution in [0, 0.1) is 0 Å². The molecule has 1 aliphatic heterocycles. The first-order valence-electron chi connectivity index (χ1n) is 6.07. The van der Waals surface area contributed by atoms with Gasteiger partial charge in [-0.15, -0.1) is 0 Å². The van der Waals surface area contributed by atoms with E-state index < -0.39 is 0 Å². The van der Waals surface area contributed by atoms with Crippen LogP contribution >= 0.6 is 0 Å². The number of nitrogens with zero attached hydrogens (tertiary/aromatic N) is 1. The van der Waals surface area contributed by atoms with Gasteiger partial charge in [0, 0.05) is 39.3 Å². The molecule has 1 heterocycles. The van der Waals surface area contributed by atoms with Crippen LogP contribution in [0.1, 0.15) is 13.8 Å². The normalized spacial score (nSPS) is 19.4. The van der Waals surface area contributed by atoms with Crippen molar-refractivity contribution in [2.75, 3.05) is 45.9 Å². The average Bonchev–Trinajstić information content (AvgIpc) is 2.30. The van der Waals surface area contributed by atoms with E-state index in [9.17, 15) is 4.79 Å². The summed E-state index contributed by atoms with van der Waals surface area (Å²) in [6, 6.07) is -0.206. The van der Waals surface area contributed by atoms with Crippen molar-refractivity contribution in [3.8, 4) is 0 Å². The molecule has 2 N–H and O–H groups in total. The number of hydrogen-bond acceptors (Lipinski definition) is 5.